The number of rotatable bonds is 7. The minimum atomic E-state index is -0.00487. The first kappa shape index (κ1) is 24.0. The van der Waals surface area contributed by atoms with Crippen LogP contribution in [0, 0.1) is 0 Å². The van der Waals surface area contributed by atoms with Gasteiger partial charge in [-0.15, -0.1) is 0 Å². The van der Waals surface area contributed by atoms with Gasteiger partial charge in [0.1, 0.15) is 10.4 Å². The lowest BCUT2D eigenvalue weighted by Crippen LogP contribution is -2.39. The lowest BCUT2D eigenvalue weighted by molar-refractivity contribution is -0.668. The summed E-state index contributed by atoms with van der Waals surface area (Å²) < 4.78 is 3.41. The predicted molar refractivity (Wildman–Crippen MR) is 146 cm³/mol. The van der Waals surface area contributed by atoms with Crippen LogP contribution >= 0.6 is 11.3 Å². The van der Waals surface area contributed by atoms with Gasteiger partial charge in [0.05, 0.1) is 6.54 Å². The molecule has 0 radical (unpaired) electrons. The second kappa shape index (κ2) is 10.00. The van der Waals surface area contributed by atoms with E-state index >= 15 is 0 Å². The van der Waals surface area contributed by atoms with Crippen molar-refractivity contribution in [3.63, 3.8) is 0 Å². The van der Waals surface area contributed by atoms with Gasteiger partial charge in [-0.25, -0.2) is 0 Å². The lowest BCUT2D eigenvalue weighted by Gasteiger charge is -2.23. The highest BCUT2D eigenvalue weighted by Crippen LogP contribution is 2.46. The highest BCUT2D eigenvalue weighted by atomic mass is 32.1. The Morgan fingerprint density at radius 1 is 1.03 bits per heavy atom. The van der Waals surface area contributed by atoms with Crippen molar-refractivity contribution in [3.8, 4) is 5.75 Å². The fraction of sp³-hybridized carbons (Fsp3) is 0.276. The standard InChI is InChI=1S/C29H33N3OS/c1-29(2)23-13-11-12-14-24(23)31(5)27(29)15-9-7-6-8-10-16-28-32(20-19-30(3)4)25-18-17-22(33)21-26(25)34-28/h6-18,21H,19-20H2,1-5H3/p+1. The number of phenols is 1. The molecule has 0 amide bonds. The monoisotopic (exact) mass is 472 g/mol. The average molecular weight is 473 g/mol. The van der Waals surface area contributed by atoms with Crippen LogP contribution in [0.4, 0.5) is 5.69 Å². The van der Waals surface area contributed by atoms with Gasteiger partial charge in [-0.2, -0.15) is 4.57 Å². The number of para-hydroxylation sites is 1. The molecule has 0 aliphatic carbocycles. The third kappa shape index (κ3) is 4.86. The van der Waals surface area contributed by atoms with Crippen molar-refractivity contribution in [1.82, 2.24) is 4.90 Å². The van der Waals surface area contributed by atoms with E-state index in [9.17, 15) is 5.11 Å². The number of nitrogens with zero attached hydrogens (tertiary/aromatic N) is 3. The van der Waals surface area contributed by atoms with Crippen LogP contribution in [0.25, 0.3) is 16.3 Å². The Hall–Kier alpha value is -3.15. The molecular formula is C29H34N3OS+. The minimum Gasteiger partial charge on any atom is -0.508 e. The van der Waals surface area contributed by atoms with E-state index in [4.69, 9.17) is 0 Å². The van der Waals surface area contributed by atoms with Crippen LogP contribution in [-0.4, -0.2) is 37.7 Å². The molecule has 2 heterocycles. The van der Waals surface area contributed by atoms with Gasteiger partial charge >= 0.3 is 0 Å². The molecule has 2 aromatic carbocycles. The molecule has 0 bridgehead atoms. The normalized spacial score (nSPS) is 16.9. The van der Waals surface area contributed by atoms with Gasteiger partial charge in [0.25, 0.3) is 5.01 Å². The number of anilines is 1. The van der Waals surface area contributed by atoms with E-state index < -0.39 is 0 Å². The summed E-state index contributed by atoms with van der Waals surface area (Å²) in [5.41, 5.74) is 5.10. The number of benzene rings is 2. The Kier molecular flexibility index (Phi) is 7.05. The molecule has 4 rings (SSSR count). The molecule has 0 fully saturated rings. The molecular weight excluding hydrogens is 438 g/mol. The van der Waals surface area contributed by atoms with Gasteiger partial charge in [-0.05, 0) is 37.9 Å². The van der Waals surface area contributed by atoms with Crippen molar-refractivity contribution in [2.75, 3.05) is 32.6 Å². The Balaban J connectivity index is 1.47. The number of likely N-dealkylation sites (N-methyl/N-ethyl adjacent to an activating group) is 2. The van der Waals surface area contributed by atoms with Crippen molar-refractivity contribution in [2.45, 2.75) is 25.8 Å². The van der Waals surface area contributed by atoms with Gasteiger partial charge in [0.15, 0.2) is 6.54 Å². The zero-order valence-corrected chi connectivity index (χ0v) is 21.5. The highest BCUT2D eigenvalue weighted by Gasteiger charge is 2.37. The number of hydrogen-bond acceptors (Lipinski definition) is 4. The van der Waals surface area contributed by atoms with Crippen LogP contribution in [0.2, 0.25) is 0 Å². The summed E-state index contributed by atoms with van der Waals surface area (Å²) in [7, 11) is 6.32. The topological polar surface area (TPSA) is 30.6 Å². The zero-order valence-electron chi connectivity index (χ0n) is 20.7. The maximum atomic E-state index is 9.87. The van der Waals surface area contributed by atoms with Gasteiger partial charge in [0, 0.05) is 42.1 Å². The summed E-state index contributed by atoms with van der Waals surface area (Å²) in [5.74, 6) is 0.308. The van der Waals surface area contributed by atoms with Crippen LogP contribution in [0.15, 0.2) is 84.6 Å². The van der Waals surface area contributed by atoms with Gasteiger partial charge in [-0.3, -0.25) is 0 Å². The quantitative estimate of drug-likeness (QED) is 0.343. The fourth-order valence-corrected chi connectivity index (χ4v) is 5.66. The maximum Gasteiger partial charge on any atom is 0.262 e. The van der Waals surface area contributed by atoms with Crippen LogP contribution in [0.5, 0.6) is 5.75 Å². The molecule has 0 unspecified atom stereocenters. The molecule has 176 valence electrons. The molecule has 3 aromatic rings. The molecule has 0 saturated heterocycles. The Bertz CT molecular complexity index is 1290. The number of allylic oxidation sites excluding steroid dienone is 7. The van der Waals surface area contributed by atoms with Crippen molar-refractivity contribution >= 4 is 33.3 Å². The zero-order chi connectivity index (χ0) is 24.3. The Morgan fingerprint density at radius 3 is 2.53 bits per heavy atom. The average Bonchev–Trinajstić information content (AvgIpc) is 3.23. The third-order valence-electron chi connectivity index (χ3n) is 6.36. The summed E-state index contributed by atoms with van der Waals surface area (Å²) in [6.45, 7) is 6.42. The number of aromatic nitrogens is 1. The number of aromatic hydroxyl groups is 1. The second-order valence-corrected chi connectivity index (χ2v) is 10.5. The van der Waals surface area contributed by atoms with Crippen LogP contribution in [0.3, 0.4) is 0 Å². The van der Waals surface area contributed by atoms with Gasteiger partial charge in [0.2, 0.25) is 5.52 Å². The van der Waals surface area contributed by atoms with Gasteiger partial charge < -0.3 is 14.9 Å². The number of fused-ring (bicyclic) bond motifs is 2. The van der Waals surface area contributed by atoms with E-state index in [1.54, 1.807) is 17.4 Å². The Labute approximate surface area is 207 Å². The van der Waals surface area contributed by atoms with Crippen molar-refractivity contribution in [1.29, 1.82) is 0 Å². The van der Waals surface area contributed by atoms with Crippen LogP contribution < -0.4 is 9.47 Å². The highest BCUT2D eigenvalue weighted by molar-refractivity contribution is 7.18. The number of hydrogen-bond donors (Lipinski definition) is 1. The second-order valence-electron chi connectivity index (χ2n) is 9.43. The largest absolute Gasteiger partial charge is 0.508 e. The van der Waals surface area contributed by atoms with E-state index in [-0.39, 0.29) is 5.41 Å². The number of phenolic OH excluding ortho intramolecular Hbond substituents is 1. The molecule has 0 saturated carbocycles. The SMILES string of the molecule is CN(C)CC[n+]1c(/C=C/C=C/C=C/C=C2/N(C)c3ccccc3C2(C)C)sc2cc(O)ccc21. The summed E-state index contributed by atoms with van der Waals surface area (Å²) in [6, 6.07) is 14.2. The minimum absolute atomic E-state index is 0.00487. The maximum absolute atomic E-state index is 9.87. The lowest BCUT2D eigenvalue weighted by atomic mass is 9.84. The van der Waals surface area contributed by atoms with Crippen molar-refractivity contribution in [2.24, 2.45) is 0 Å². The molecule has 34 heavy (non-hydrogen) atoms. The molecule has 1 aromatic heterocycles. The summed E-state index contributed by atoms with van der Waals surface area (Å²) in [5, 5.41) is 11.0. The first-order valence-electron chi connectivity index (χ1n) is 11.6. The fourth-order valence-electron chi connectivity index (χ4n) is 4.53. The van der Waals surface area contributed by atoms with Crippen LogP contribution in [0.1, 0.15) is 24.4 Å². The molecule has 5 heteroatoms. The first-order chi connectivity index (χ1) is 16.3. The van der Waals surface area contributed by atoms with Crippen LogP contribution in [-0.2, 0) is 12.0 Å². The summed E-state index contributed by atoms with van der Waals surface area (Å²) in [6.07, 6.45) is 14.7. The predicted octanol–water partition coefficient (Wildman–Crippen LogP) is 5.89. The Morgan fingerprint density at radius 2 is 1.76 bits per heavy atom. The molecule has 1 aliphatic rings. The molecule has 0 spiro atoms. The molecule has 0 atom stereocenters. The van der Waals surface area contributed by atoms with E-state index in [1.807, 2.05) is 12.1 Å². The molecule has 4 nitrogen and oxygen atoms in total. The number of thiazole rings is 1. The van der Waals surface area contributed by atoms with Crippen molar-refractivity contribution in [3.05, 3.63) is 95.2 Å². The van der Waals surface area contributed by atoms with E-state index in [2.05, 4.69) is 116 Å². The molecule has 1 N–H and O–H groups in total. The summed E-state index contributed by atoms with van der Waals surface area (Å²) in [4.78, 5) is 4.47. The van der Waals surface area contributed by atoms with E-state index in [1.165, 1.54) is 22.0 Å². The van der Waals surface area contributed by atoms with E-state index in [0.29, 0.717) is 5.75 Å². The van der Waals surface area contributed by atoms with E-state index in [0.717, 1.165) is 23.3 Å². The van der Waals surface area contributed by atoms with Crippen molar-refractivity contribution < 1.29 is 9.67 Å². The summed E-state index contributed by atoms with van der Waals surface area (Å²) >= 11 is 1.70. The smallest absolute Gasteiger partial charge is 0.262 e. The third-order valence-corrected chi connectivity index (χ3v) is 7.48. The van der Waals surface area contributed by atoms with Gasteiger partial charge in [-0.1, -0.05) is 73.8 Å². The first-order valence-corrected chi connectivity index (χ1v) is 12.5. The molecule has 1 aliphatic heterocycles.